The summed E-state index contributed by atoms with van der Waals surface area (Å²) in [5.41, 5.74) is 2.37. The lowest BCUT2D eigenvalue weighted by Crippen LogP contribution is -2.37. The molecule has 1 aliphatic rings. The highest BCUT2D eigenvalue weighted by atomic mass is 32.2. The van der Waals surface area contributed by atoms with Crippen LogP contribution in [0.4, 0.5) is 10.1 Å². The Morgan fingerprint density at radius 3 is 2.79 bits per heavy atom. The molecule has 2 heterocycles. The Labute approximate surface area is 173 Å². The Hall–Kier alpha value is -2.42. The number of hydrogen-bond acceptors (Lipinski definition) is 5. The van der Waals surface area contributed by atoms with Crippen molar-refractivity contribution >= 4 is 27.0 Å². The highest BCUT2D eigenvalue weighted by molar-refractivity contribution is 7.89. The molecule has 0 aliphatic carbocycles. The van der Waals surface area contributed by atoms with Crippen molar-refractivity contribution in [2.45, 2.75) is 17.4 Å². The zero-order valence-electron chi connectivity index (χ0n) is 15.8. The third-order valence-corrected chi connectivity index (χ3v) is 7.47. The van der Waals surface area contributed by atoms with Crippen LogP contribution in [0.3, 0.4) is 0 Å². The maximum atomic E-state index is 13.7. The minimum Gasteiger partial charge on any atom is -0.495 e. The molecule has 0 spiro atoms. The largest absolute Gasteiger partial charge is 0.495 e. The molecule has 0 saturated heterocycles. The first-order valence-electron chi connectivity index (χ1n) is 9.21. The topological polar surface area (TPSA) is 58.6 Å². The van der Waals surface area contributed by atoms with Gasteiger partial charge in [0.2, 0.25) is 10.0 Å². The number of anilines is 1. The van der Waals surface area contributed by atoms with Crippen molar-refractivity contribution in [1.82, 2.24) is 4.72 Å². The molecular formula is C21H21FN2O3S2. The van der Waals surface area contributed by atoms with E-state index in [1.807, 2.05) is 29.6 Å². The molecule has 1 atom stereocenters. The van der Waals surface area contributed by atoms with Gasteiger partial charge in [0.15, 0.2) is 0 Å². The Balaban J connectivity index is 1.63. The molecule has 2 aromatic carbocycles. The Kier molecular flexibility index (Phi) is 5.58. The van der Waals surface area contributed by atoms with Crippen molar-refractivity contribution in [3.63, 3.8) is 0 Å². The first-order chi connectivity index (χ1) is 14.0. The van der Waals surface area contributed by atoms with Crippen LogP contribution >= 0.6 is 11.3 Å². The van der Waals surface area contributed by atoms with Crippen molar-refractivity contribution in [3.05, 3.63) is 76.2 Å². The molecule has 8 heteroatoms. The fourth-order valence-electron chi connectivity index (χ4n) is 3.66. The number of nitrogens with zero attached hydrogens (tertiary/aromatic N) is 1. The Morgan fingerprint density at radius 1 is 1.21 bits per heavy atom. The standard InChI is InChI=1S/C21H21FN2O3S2/c1-27-19-9-8-16(22)13-21(19)29(25,26)23-14-18(20-7-4-12-28-20)24-11-10-15-5-2-3-6-17(15)24/h2-9,12-13,18,23H,10-11,14H2,1H3. The molecule has 152 valence electrons. The number of fused-ring (bicyclic) bond motifs is 1. The summed E-state index contributed by atoms with van der Waals surface area (Å²) in [7, 11) is -2.59. The van der Waals surface area contributed by atoms with Crippen molar-refractivity contribution in [1.29, 1.82) is 0 Å². The minimum absolute atomic E-state index is 0.109. The average Bonchev–Trinajstić information content (AvgIpc) is 3.39. The van der Waals surface area contributed by atoms with Gasteiger partial charge in [-0.05, 0) is 47.7 Å². The molecule has 3 aromatic rings. The van der Waals surface area contributed by atoms with Crippen LogP contribution in [0.2, 0.25) is 0 Å². The third kappa shape index (κ3) is 4.01. The summed E-state index contributed by atoms with van der Waals surface area (Å²) in [6, 6.07) is 15.4. The summed E-state index contributed by atoms with van der Waals surface area (Å²) >= 11 is 1.59. The van der Waals surface area contributed by atoms with Gasteiger partial charge in [0.1, 0.15) is 16.5 Å². The highest BCUT2D eigenvalue weighted by Crippen LogP contribution is 2.36. The summed E-state index contributed by atoms with van der Waals surface area (Å²) < 4.78 is 47.3. The molecule has 0 amide bonds. The second kappa shape index (κ2) is 8.14. The number of benzene rings is 2. The number of halogens is 1. The second-order valence-electron chi connectivity index (χ2n) is 6.75. The zero-order valence-corrected chi connectivity index (χ0v) is 17.5. The van der Waals surface area contributed by atoms with Crippen molar-refractivity contribution in [3.8, 4) is 5.75 Å². The first-order valence-corrected chi connectivity index (χ1v) is 11.6. The van der Waals surface area contributed by atoms with E-state index >= 15 is 0 Å². The summed E-state index contributed by atoms with van der Waals surface area (Å²) in [4.78, 5) is 3.09. The van der Waals surface area contributed by atoms with Gasteiger partial charge in [-0.25, -0.2) is 17.5 Å². The Morgan fingerprint density at radius 2 is 2.03 bits per heavy atom. The maximum Gasteiger partial charge on any atom is 0.244 e. The SMILES string of the molecule is COc1ccc(F)cc1S(=O)(=O)NCC(c1cccs1)N1CCc2ccccc21. The molecule has 0 bridgehead atoms. The van der Waals surface area contributed by atoms with Crippen molar-refractivity contribution in [2.24, 2.45) is 0 Å². The quantitative estimate of drug-likeness (QED) is 0.614. The summed E-state index contributed by atoms with van der Waals surface area (Å²) in [5, 5.41) is 1.98. The number of nitrogens with one attached hydrogen (secondary N) is 1. The smallest absolute Gasteiger partial charge is 0.244 e. The number of sulfonamides is 1. The van der Waals surface area contributed by atoms with Crippen LogP contribution in [0.15, 0.2) is 64.9 Å². The fraction of sp³-hybridized carbons (Fsp3) is 0.238. The van der Waals surface area contributed by atoms with E-state index in [9.17, 15) is 12.8 Å². The van der Waals surface area contributed by atoms with Gasteiger partial charge < -0.3 is 9.64 Å². The lowest BCUT2D eigenvalue weighted by Gasteiger charge is -2.30. The molecular weight excluding hydrogens is 411 g/mol. The van der Waals surface area contributed by atoms with Gasteiger partial charge in [-0.15, -0.1) is 11.3 Å². The van der Waals surface area contributed by atoms with Crippen LogP contribution < -0.4 is 14.4 Å². The molecule has 1 aromatic heterocycles. The average molecular weight is 433 g/mol. The lowest BCUT2D eigenvalue weighted by atomic mass is 10.1. The number of ether oxygens (including phenoxy) is 1. The van der Waals surface area contributed by atoms with E-state index in [1.165, 1.54) is 24.8 Å². The van der Waals surface area contributed by atoms with Crippen molar-refractivity contribution in [2.75, 3.05) is 25.1 Å². The van der Waals surface area contributed by atoms with E-state index < -0.39 is 15.8 Å². The van der Waals surface area contributed by atoms with E-state index in [2.05, 4.69) is 21.8 Å². The minimum atomic E-state index is -3.96. The molecule has 1 N–H and O–H groups in total. The third-order valence-electron chi connectivity index (χ3n) is 5.05. The predicted octanol–water partition coefficient (Wildman–Crippen LogP) is 3.98. The van der Waals surface area contributed by atoms with Crippen LogP contribution in [0, 0.1) is 5.82 Å². The molecule has 0 saturated carbocycles. The van der Waals surface area contributed by atoms with Gasteiger partial charge in [0.05, 0.1) is 13.2 Å². The predicted molar refractivity (Wildman–Crippen MR) is 113 cm³/mol. The van der Waals surface area contributed by atoms with Gasteiger partial charge in [0, 0.05) is 23.7 Å². The fourth-order valence-corrected chi connectivity index (χ4v) is 5.72. The first kappa shape index (κ1) is 19.9. The second-order valence-corrected chi connectivity index (χ2v) is 9.47. The summed E-state index contributed by atoms with van der Waals surface area (Å²) in [5.74, 6) is -0.521. The van der Waals surface area contributed by atoms with Gasteiger partial charge in [-0.1, -0.05) is 24.3 Å². The van der Waals surface area contributed by atoms with E-state index in [0.717, 1.165) is 29.6 Å². The molecule has 5 nitrogen and oxygen atoms in total. The Bertz CT molecular complexity index is 1100. The summed E-state index contributed by atoms with van der Waals surface area (Å²) in [6.07, 6.45) is 0.919. The number of rotatable bonds is 7. The van der Waals surface area contributed by atoms with Crippen molar-refractivity contribution < 1.29 is 17.5 Å². The maximum absolute atomic E-state index is 13.7. The van der Waals surface area contributed by atoms with E-state index in [4.69, 9.17) is 4.74 Å². The van der Waals surface area contributed by atoms with E-state index in [1.54, 1.807) is 11.3 Å². The number of para-hydroxylation sites is 1. The highest BCUT2D eigenvalue weighted by Gasteiger charge is 2.30. The molecule has 1 unspecified atom stereocenters. The van der Waals surface area contributed by atoms with Gasteiger partial charge in [-0.2, -0.15) is 0 Å². The molecule has 4 rings (SSSR count). The molecule has 29 heavy (non-hydrogen) atoms. The van der Waals surface area contributed by atoms with Crippen LogP contribution in [0.5, 0.6) is 5.75 Å². The normalized spacial score (nSPS) is 14.6. The van der Waals surface area contributed by atoms with E-state index in [0.29, 0.717) is 0 Å². The van der Waals surface area contributed by atoms with E-state index in [-0.39, 0.29) is 23.2 Å². The lowest BCUT2D eigenvalue weighted by molar-refractivity contribution is 0.400. The molecule has 1 aliphatic heterocycles. The van der Waals surface area contributed by atoms with Gasteiger partial charge in [-0.3, -0.25) is 0 Å². The van der Waals surface area contributed by atoms with Crippen LogP contribution in [-0.4, -0.2) is 28.6 Å². The van der Waals surface area contributed by atoms with Crippen LogP contribution in [0.25, 0.3) is 0 Å². The van der Waals surface area contributed by atoms with Crippen LogP contribution in [-0.2, 0) is 16.4 Å². The summed E-state index contributed by atoms with van der Waals surface area (Å²) in [6.45, 7) is 0.976. The van der Waals surface area contributed by atoms with Gasteiger partial charge in [0.25, 0.3) is 0 Å². The number of thiophene rings is 1. The molecule has 0 radical (unpaired) electrons. The zero-order chi connectivity index (χ0) is 20.4. The van der Waals surface area contributed by atoms with Crippen LogP contribution in [0.1, 0.15) is 16.5 Å². The monoisotopic (exact) mass is 432 g/mol. The molecule has 0 fully saturated rings. The van der Waals surface area contributed by atoms with Gasteiger partial charge >= 0.3 is 0 Å². The number of methoxy groups -OCH3 is 1. The number of hydrogen-bond donors (Lipinski definition) is 1.